The van der Waals surface area contributed by atoms with Crippen LogP contribution in [0.1, 0.15) is 367 Å². The molecular weight excluding hydrogens is 997 g/mol. The van der Waals surface area contributed by atoms with Crippen molar-refractivity contribution in [1.29, 1.82) is 0 Å². The lowest BCUT2D eigenvalue weighted by molar-refractivity contribution is -0.167. The number of carbonyl (C=O) groups is 3. The van der Waals surface area contributed by atoms with Crippen molar-refractivity contribution < 1.29 is 28.6 Å². The molecule has 0 aromatic rings. The Morgan fingerprint density at radius 1 is 0.259 bits per heavy atom. The topological polar surface area (TPSA) is 78.9 Å². The second-order valence-corrected chi connectivity index (χ2v) is 23.8. The van der Waals surface area contributed by atoms with Gasteiger partial charge in [-0.05, 0) is 89.9 Å². The minimum Gasteiger partial charge on any atom is -0.462 e. The summed E-state index contributed by atoms with van der Waals surface area (Å²) < 4.78 is 16.9. The maximum Gasteiger partial charge on any atom is 0.306 e. The molecule has 0 rings (SSSR count). The summed E-state index contributed by atoms with van der Waals surface area (Å²) in [6, 6.07) is 0. The third kappa shape index (κ3) is 67.5. The van der Waals surface area contributed by atoms with Crippen molar-refractivity contribution in [3.63, 3.8) is 0 Å². The van der Waals surface area contributed by atoms with E-state index in [-0.39, 0.29) is 31.1 Å². The summed E-state index contributed by atoms with van der Waals surface area (Å²) in [4.78, 5) is 38.4. The van der Waals surface area contributed by atoms with E-state index >= 15 is 0 Å². The highest BCUT2D eigenvalue weighted by Crippen LogP contribution is 2.18. The van der Waals surface area contributed by atoms with E-state index in [1.807, 2.05) is 0 Å². The van der Waals surface area contributed by atoms with Crippen LogP contribution in [0.5, 0.6) is 0 Å². The molecular formula is C75H134O6. The number of ether oxygens (including phenoxy) is 3. The van der Waals surface area contributed by atoms with E-state index in [0.717, 1.165) is 96.3 Å². The summed E-state index contributed by atoms with van der Waals surface area (Å²) in [6.45, 7) is 6.55. The smallest absolute Gasteiger partial charge is 0.306 e. The van der Waals surface area contributed by atoms with Gasteiger partial charge >= 0.3 is 17.9 Å². The van der Waals surface area contributed by atoms with Crippen molar-refractivity contribution in [3.05, 3.63) is 72.9 Å². The van der Waals surface area contributed by atoms with E-state index < -0.39 is 6.10 Å². The number of carbonyl (C=O) groups excluding carboxylic acids is 3. The number of rotatable bonds is 65. The molecule has 6 heteroatoms. The van der Waals surface area contributed by atoms with Crippen molar-refractivity contribution in [3.8, 4) is 0 Å². The third-order valence-corrected chi connectivity index (χ3v) is 15.7. The lowest BCUT2D eigenvalue weighted by Crippen LogP contribution is -2.30. The van der Waals surface area contributed by atoms with Crippen molar-refractivity contribution in [1.82, 2.24) is 0 Å². The Labute approximate surface area is 503 Å². The third-order valence-electron chi connectivity index (χ3n) is 15.7. The molecule has 81 heavy (non-hydrogen) atoms. The van der Waals surface area contributed by atoms with Crippen LogP contribution < -0.4 is 0 Å². The molecule has 0 aromatic carbocycles. The van der Waals surface area contributed by atoms with Gasteiger partial charge in [-0.3, -0.25) is 14.4 Å². The van der Waals surface area contributed by atoms with E-state index in [4.69, 9.17) is 14.2 Å². The van der Waals surface area contributed by atoms with Gasteiger partial charge in [-0.25, -0.2) is 0 Å². The highest BCUT2D eigenvalue weighted by atomic mass is 16.6. The van der Waals surface area contributed by atoms with Crippen LogP contribution in [0.25, 0.3) is 0 Å². The minimum atomic E-state index is -0.792. The number of unbranched alkanes of at least 4 members (excludes halogenated alkanes) is 42. The minimum absolute atomic E-state index is 0.0846. The Morgan fingerprint density at radius 2 is 0.481 bits per heavy atom. The van der Waals surface area contributed by atoms with Gasteiger partial charge in [0.15, 0.2) is 6.10 Å². The first-order chi connectivity index (χ1) is 40.0. The molecule has 0 spiro atoms. The number of allylic oxidation sites excluding steroid dienone is 12. The van der Waals surface area contributed by atoms with Crippen LogP contribution in [0.4, 0.5) is 0 Å². The van der Waals surface area contributed by atoms with Gasteiger partial charge in [0.05, 0.1) is 0 Å². The van der Waals surface area contributed by atoms with Crippen molar-refractivity contribution in [2.24, 2.45) is 0 Å². The summed E-state index contributed by atoms with van der Waals surface area (Å²) in [7, 11) is 0. The molecule has 0 aliphatic rings. The van der Waals surface area contributed by atoms with Crippen molar-refractivity contribution in [2.45, 2.75) is 374 Å². The normalized spacial score (nSPS) is 12.5. The molecule has 0 amide bonds. The van der Waals surface area contributed by atoms with Crippen LogP contribution >= 0.6 is 0 Å². The molecule has 0 fully saturated rings. The lowest BCUT2D eigenvalue weighted by Gasteiger charge is -2.18. The average Bonchev–Trinajstić information content (AvgIpc) is 3.46. The Morgan fingerprint density at radius 3 is 0.778 bits per heavy atom. The maximum atomic E-state index is 12.9. The van der Waals surface area contributed by atoms with E-state index in [0.29, 0.717) is 19.3 Å². The van der Waals surface area contributed by atoms with E-state index in [1.165, 1.54) is 231 Å². The summed E-state index contributed by atoms with van der Waals surface area (Å²) >= 11 is 0. The molecule has 1 unspecified atom stereocenters. The first-order valence-corrected chi connectivity index (χ1v) is 35.4. The molecule has 0 bridgehead atoms. The van der Waals surface area contributed by atoms with Crippen LogP contribution in [0.2, 0.25) is 0 Å². The number of esters is 3. The first-order valence-electron chi connectivity index (χ1n) is 35.4. The predicted molar refractivity (Wildman–Crippen MR) is 353 cm³/mol. The van der Waals surface area contributed by atoms with Gasteiger partial charge in [0, 0.05) is 19.3 Å². The second-order valence-electron chi connectivity index (χ2n) is 23.8. The zero-order valence-corrected chi connectivity index (χ0v) is 54.1. The second kappa shape index (κ2) is 69.3. The largest absolute Gasteiger partial charge is 0.462 e. The lowest BCUT2D eigenvalue weighted by atomic mass is 10.0. The van der Waals surface area contributed by atoms with Crippen molar-refractivity contribution in [2.75, 3.05) is 13.2 Å². The molecule has 0 radical (unpaired) electrons. The number of hydrogen-bond donors (Lipinski definition) is 0. The molecule has 0 aliphatic carbocycles. The van der Waals surface area contributed by atoms with Gasteiger partial charge in [-0.1, -0.05) is 331 Å². The van der Waals surface area contributed by atoms with E-state index in [9.17, 15) is 14.4 Å². The molecule has 0 heterocycles. The highest BCUT2D eigenvalue weighted by Gasteiger charge is 2.19. The SMILES string of the molecule is CC/C=C\C/C=C\C/C=C\C/C=C\C/C=C\CCCCCC(=O)OC(COC(=O)CCCCCCCCCCCCCCC)COC(=O)CCCCCCCCCCCCCCCCCCCCC/C=C\CCCCCCCCCC. The Balaban J connectivity index is 4.21. The molecule has 0 saturated carbocycles. The Bertz CT molecular complexity index is 1490. The van der Waals surface area contributed by atoms with E-state index in [2.05, 4.69) is 93.7 Å². The van der Waals surface area contributed by atoms with Gasteiger partial charge < -0.3 is 14.2 Å². The molecule has 1 atom stereocenters. The van der Waals surface area contributed by atoms with E-state index in [1.54, 1.807) is 0 Å². The van der Waals surface area contributed by atoms with Crippen LogP contribution in [0.15, 0.2) is 72.9 Å². The number of hydrogen-bond acceptors (Lipinski definition) is 6. The summed E-state index contributed by atoms with van der Waals surface area (Å²) in [5.41, 5.74) is 0. The molecule has 0 aromatic heterocycles. The fraction of sp³-hybridized carbons (Fsp3) is 0.800. The maximum absolute atomic E-state index is 12.9. The van der Waals surface area contributed by atoms with Crippen LogP contribution in [-0.2, 0) is 28.6 Å². The average molecular weight is 1130 g/mol. The van der Waals surface area contributed by atoms with Gasteiger partial charge in [0.2, 0.25) is 0 Å². The molecule has 0 saturated heterocycles. The summed E-state index contributed by atoms with van der Waals surface area (Å²) in [5.74, 6) is -0.897. The van der Waals surface area contributed by atoms with Gasteiger partial charge in [0.25, 0.3) is 0 Å². The summed E-state index contributed by atoms with van der Waals surface area (Å²) in [5, 5.41) is 0. The standard InChI is InChI=1S/C75H134O6/c1-4-7-10-13-16-19-22-25-27-29-31-32-33-34-35-36-37-38-39-40-41-42-44-45-47-50-53-56-59-62-65-68-74(77)80-71-72(70-79-73(76)67-64-61-58-55-52-49-24-21-18-15-12-9-6-3)81-75(78)69-66-63-60-57-54-51-48-46-43-30-28-26-23-20-17-14-11-8-5-2/h8,11,17,20,26,28-29,31,43,46,51,54,72H,4-7,9-10,12-16,18-19,21-25,27,30,32-42,44-45,47-50,52-53,55-71H2,1-3H3/b11-8-,20-17-,28-26-,31-29-,46-43-,54-51-. The van der Waals surface area contributed by atoms with Gasteiger partial charge in [0.1, 0.15) is 13.2 Å². The van der Waals surface area contributed by atoms with Crippen LogP contribution in [0, 0.1) is 0 Å². The van der Waals surface area contributed by atoms with Gasteiger partial charge in [-0.2, -0.15) is 0 Å². The highest BCUT2D eigenvalue weighted by molar-refractivity contribution is 5.71. The molecule has 0 aliphatic heterocycles. The zero-order valence-electron chi connectivity index (χ0n) is 54.1. The quantitative estimate of drug-likeness (QED) is 0.0261. The predicted octanol–water partition coefficient (Wildman–Crippen LogP) is 24.4. The Hall–Kier alpha value is -3.15. The fourth-order valence-electron chi connectivity index (χ4n) is 10.4. The summed E-state index contributed by atoms with van der Waals surface area (Å²) in [6.07, 6.45) is 90.9. The van der Waals surface area contributed by atoms with Crippen LogP contribution in [-0.4, -0.2) is 37.2 Å². The molecule has 0 N–H and O–H groups in total. The molecule has 470 valence electrons. The zero-order chi connectivity index (χ0) is 58.5. The molecule has 6 nitrogen and oxygen atoms in total. The first kappa shape index (κ1) is 77.9. The monoisotopic (exact) mass is 1130 g/mol. The van der Waals surface area contributed by atoms with Crippen LogP contribution in [0.3, 0.4) is 0 Å². The van der Waals surface area contributed by atoms with Crippen molar-refractivity contribution >= 4 is 17.9 Å². The Kier molecular flexibility index (Phi) is 66.6. The van der Waals surface area contributed by atoms with Gasteiger partial charge in [-0.15, -0.1) is 0 Å². The fourth-order valence-corrected chi connectivity index (χ4v) is 10.4.